The summed E-state index contributed by atoms with van der Waals surface area (Å²) in [5, 5.41) is 22.6. The van der Waals surface area contributed by atoms with E-state index in [1.54, 1.807) is 17.4 Å². The highest BCUT2D eigenvalue weighted by atomic mass is 32.2. The number of aliphatic carboxylic acids is 1. The number of hydrogen-bond acceptors (Lipinski definition) is 6. The molecule has 0 amide bonds. The molecule has 0 unspecified atom stereocenters. The van der Waals surface area contributed by atoms with Gasteiger partial charge in [-0.15, -0.1) is 13.2 Å². The molecular weight excluding hydrogens is 543 g/mol. The quantitative estimate of drug-likeness (QED) is 0.168. The molecule has 3 N–H and O–H groups in total. The van der Waals surface area contributed by atoms with Gasteiger partial charge in [-0.05, 0) is 101 Å². The van der Waals surface area contributed by atoms with Gasteiger partial charge in [0, 0.05) is 35.5 Å². The highest BCUT2D eigenvalue weighted by Gasteiger charge is 2.31. The number of benzene rings is 2. The van der Waals surface area contributed by atoms with E-state index in [9.17, 15) is 31.9 Å². The monoisotopic (exact) mass is 578 g/mol. The van der Waals surface area contributed by atoms with E-state index in [2.05, 4.69) is 10.1 Å². The molecule has 0 bridgehead atoms. The number of nitrogens with zero attached hydrogens (tertiary/aromatic N) is 1. The summed E-state index contributed by atoms with van der Waals surface area (Å²) in [6, 6.07) is 7.92. The topological polar surface area (TPSA) is 82.0 Å². The van der Waals surface area contributed by atoms with Crippen LogP contribution in [0.5, 0.6) is 5.75 Å². The van der Waals surface area contributed by atoms with Crippen molar-refractivity contribution in [3.05, 3.63) is 59.2 Å². The number of ether oxygens (including phenoxy) is 1. The van der Waals surface area contributed by atoms with Crippen LogP contribution in [-0.2, 0) is 17.6 Å². The molecule has 218 valence electrons. The van der Waals surface area contributed by atoms with Gasteiger partial charge in [0.25, 0.3) is 0 Å². The molecule has 0 heterocycles. The van der Waals surface area contributed by atoms with Crippen LogP contribution in [-0.4, -0.2) is 58.6 Å². The van der Waals surface area contributed by atoms with Crippen molar-refractivity contribution in [1.82, 2.24) is 9.62 Å². The summed E-state index contributed by atoms with van der Waals surface area (Å²) in [6.45, 7) is 4.26. The van der Waals surface area contributed by atoms with Crippen molar-refractivity contribution >= 4 is 17.9 Å². The highest BCUT2D eigenvalue weighted by molar-refractivity contribution is 7.97. The van der Waals surface area contributed by atoms with Crippen LogP contribution in [0.15, 0.2) is 41.3 Å². The second kappa shape index (κ2) is 14.8. The van der Waals surface area contributed by atoms with E-state index >= 15 is 0 Å². The van der Waals surface area contributed by atoms with Crippen molar-refractivity contribution < 1.29 is 41.7 Å². The van der Waals surface area contributed by atoms with Gasteiger partial charge in [-0.25, -0.2) is 13.1 Å². The van der Waals surface area contributed by atoms with Crippen molar-refractivity contribution in [1.29, 1.82) is 0 Å². The Morgan fingerprint density at radius 1 is 1.10 bits per heavy atom. The number of aliphatic hydroxyl groups excluding tert-OH is 1. The molecule has 0 saturated carbocycles. The third-order valence-electron chi connectivity index (χ3n) is 5.87. The number of carboxylic acids is 1. The number of carbonyl (C=O) groups is 1. The van der Waals surface area contributed by atoms with Crippen LogP contribution < -0.4 is 10.1 Å². The first-order valence-electron chi connectivity index (χ1n) is 12.5. The molecule has 2 aromatic carbocycles. The van der Waals surface area contributed by atoms with Gasteiger partial charge in [0.1, 0.15) is 17.4 Å². The predicted octanol–water partition coefficient (Wildman–Crippen LogP) is 5.96. The molecule has 2 rings (SSSR count). The van der Waals surface area contributed by atoms with Crippen molar-refractivity contribution in [3.8, 4) is 5.75 Å². The summed E-state index contributed by atoms with van der Waals surface area (Å²) in [5.74, 6) is -2.53. The zero-order chi connectivity index (χ0) is 29.2. The molecule has 0 saturated heterocycles. The molecule has 0 aliphatic rings. The van der Waals surface area contributed by atoms with Crippen LogP contribution in [0.1, 0.15) is 50.7 Å². The molecule has 1 atom stereocenters. The van der Waals surface area contributed by atoms with Crippen LogP contribution in [0, 0.1) is 11.6 Å². The number of nitrogens with one attached hydrogen (secondary N) is 1. The van der Waals surface area contributed by atoms with E-state index in [0.29, 0.717) is 23.3 Å². The Bertz CT molecular complexity index is 1060. The summed E-state index contributed by atoms with van der Waals surface area (Å²) in [4.78, 5) is 11.2. The second-order valence-electron chi connectivity index (χ2n) is 9.98. The minimum absolute atomic E-state index is 0.0572. The Morgan fingerprint density at radius 3 is 2.38 bits per heavy atom. The molecule has 0 spiro atoms. The van der Waals surface area contributed by atoms with Crippen LogP contribution >= 0.6 is 11.9 Å². The fourth-order valence-electron chi connectivity index (χ4n) is 4.00. The second-order valence-corrected chi connectivity index (χ2v) is 11.3. The molecule has 0 aliphatic carbocycles. The van der Waals surface area contributed by atoms with E-state index in [1.165, 1.54) is 30.3 Å². The number of halogens is 5. The van der Waals surface area contributed by atoms with E-state index in [-0.39, 0.29) is 44.3 Å². The molecule has 6 nitrogen and oxygen atoms in total. The lowest BCUT2D eigenvalue weighted by molar-refractivity contribution is -0.274. The first-order valence-corrected chi connectivity index (χ1v) is 13.3. The molecule has 2 aromatic rings. The lowest BCUT2D eigenvalue weighted by Gasteiger charge is -2.29. The van der Waals surface area contributed by atoms with Gasteiger partial charge in [0.2, 0.25) is 0 Å². The molecule has 0 aliphatic heterocycles. The maximum atomic E-state index is 13.8. The Labute approximate surface area is 229 Å². The number of aryl methyl sites for hydroxylation is 1. The van der Waals surface area contributed by atoms with Gasteiger partial charge in [0.05, 0.1) is 6.10 Å². The smallest absolute Gasteiger partial charge is 0.481 e. The lowest BCUT2D eigenvalue weighted by Crippen LogP contribution is -2.45. The van der Waals surface area contributed by atoms with Gasteiger partial charge in [-0.1, -0.05) is 6.07 Å². The van der Waals surface area contributed by atoms with Gasteiger partial charge < -0.3 is 20.3 Å². The Balaban J connectivity index is 1.88. The molecule has 0 radical (unpaired) electrons. The number of aliphatic hydroxyl groups is 1. The summed E-state index contributed by atoms with van der Waals surface area (Å²) in [6.07, 6.45) is -3.86. The molecule has 39 heavy (non-hydrogen) atoms. The molecule has 0 aromatic heterocycles. The van der Waals surface area contributed by atoms with Gasteiger partial charge in [-0.3, -0.25) is 4.79 Å². The number of hydrogen-bond donors (Lipinski definition) is 3. The summed E-state index contributed by atoms with van der Waals surface area (Å²) >= 11 is 1.12. The number of likely N-dealkylation sites (N-methyl/N-ethyl adjacent to an activating group) is 1. The van der Waals surface area contributed by atoms with Crippen LogP contribution in [0.25, 0.3) is 0 Å². The van der Waals surface area contributed by atoms with Crippen molar-refractivity contribution in [2.24, 2.45) is 0 Å². The van der Waals surface area contributed by atoms with Crippen LogP contribution in [0.2, 0.25) is 0 Å². The third-order valence-corrected chi connectivity index (χ3v) is 6.77. The fourth-order valence-corrected chi connectivity index (χ4v) is 4.98. The highest BCUT2D eigenvalue weighted by Crippen LogP contribution is 2.31. The van der Waals surface area contributed by atoms with Crippen LogP contribution in [0.4, 0.5) is 22.0 Å². The average Bonchev–Trinajstić information content (AvgIpc) is 2.78. The lowest BCUT2D eigenvalue weighted by atomic mass is 9.95. The summed E-state index contributed by atoms with van der Waals surface area (Å²) in [7, 11) is 1.68. The Morgan fingerprint density at radius 2 is 1.77 bits per heavy atom. The van der Waals surface area contributed by atoms with Gasteiger partial charge in [0.15, 0.2) is 0 Å². The SMILES string of the molecule is CN(C[C@H](O)CNC(C)(C)CCCc1c(F)cccc1F)Sc1cc(CCCC(=O)O)cc(OC(F)(F)F)c1. The fraction of sp³-hybridized carbons (Fsp3) is 0.519. The van der Waals surface area contributed by atoms with Crippen molar-refractivity contribution in [2.45, 2.75) is 75.3 Å². The third kappa shape index (κ3) is 13.0. The van der Waals surface area contributed by atoms with Gasteiger partial charge >= 0.3 is 12.3 Å². The number of β-amino-alcohol motifs (C(OH)–C–C–N with tert-alkyl or cyclic N) is 1. The first kappa shape index (κ1) is 32.8. The largest absolute Gasteiger partial charge is 0.573 e. The maximum Gasteiger partial charge on any atom is 0.573 e. The minimum Gasteiger partial charge on any atom is -0.481 e. The number of alkyl halides is 3. The maximum absolute atomic E-state index is 13.8. The van der Waals surface area contributed by atoms with Crippen molar-refractivity contribution in [2.75, 3.05) is 20.1 Å². The zero-order valence-corrected chi connectivity index (χ0v) is 23.0. The number of rotatable bonds is 16. The van der Waals surface area contributed by atoms with Crippen LogP contribution in [0.3, 0.4) is 0 Å². The van der Waals surface area contributed by atoms with E-state index in [0.717, 1.165) is 11.9 Å². The molecular formula is C27H35F5N2O4S. The van der Waals surface area contributed by atoms with Gasteiger partial charge in [-0.2, -0.15) is 0 Å². The van der Waals surface area contributed by atoms with E-state index in [4.69, 9.17) is 5.11 Å². The standard InChI is InChI=1S/C27H35F5N2O4S/c1-26(2,12-6-8-22-23(28)9-5-10-24(22)29)33-16-19(35)17-34(3)39-21-14-18(7-4-11-25(36)37)13-20(15-21)38-27(30,31)32/h5,9-10,13-15,19,33,35H,4,6-8,11-12,16-17H2,1-3H3,(H,36,37)/t19-/m1/s1. The Kier molecular flexibility index (Phi) is 12.5. The Hall–Kier alpha value is -2.41. The summed E-state index contributed by atoms with van der Waals surface area (Å²) < 4.78 is 71.8. The number of carboxylic acid groups (broad SMARTS) is 1. The zero-order valence-electron chi connectivity index (χ0n) is 22.2. The van der Waals surface area contributed by atoms with Crippen molar-refractivity contribution in [3.63, 3.8) is 0 Å². The summed E-state index contributed by atoms with van der Waals surface area (Å²) in [5.41, 5.74) is 0.151. The molecule has 12 heteroatoms. The normalized spacial score (nSPS) is 13.1. The van der Waals surface area contributed by atoms with E-state index in [1.807, 2.05) is 13.8 Å². The predicted molar refractivity (Wildman–Crippen MR) is 140 cm³/mol. The first-order chi connectivity index (χ1) is 18.1. The molecule has 0 fully saturated rings. The minimum atomic E-state index is -4.87. The van der Waals surface area contributed by atoms with E-state index < -0.39 is 41.4 Å². The average molecular weight is 579 g/mol.